The van der Waals surface area contributed by atoms with E-state index in [-0.39, 0.29) is 34.7 Å². The van der Waals surface area contributed by atoms with E-state index in [2.05, 4.69) is 46.7 Å². The number of ether oxygens (including phenoxy) is 3. The maximum Gasteiger partial charge on any atom is 0.262 e. The van der Waals surface area contributed by atoms with Crippen LogP contribution in [0.1, 0.15) is 80.3 Å². The molecule has 2 aromatic rings. The second-order valence-electron chi connectivity index (χ2n) is 14.7. The molecule has 2 fully saturated rings. The lowest BCUT2D eigenvalue weighted by Crippen LogP contribution is -2.50. The van der Waals surface area contributed by atoms with Crippen LogP contribution >= 0.6 is 11.6 Å². The van der Waals surface area contributed by atoms with Gasteiger partial charge in [0.2, 0.25) is 0 Å². The molecule has 2 aromatic carbocycles. The molecule has 0 aromatic heterocycles. The minimum Gasteiger partial charge on any atom is -0.490 e. The van der Waals surface area contributed by atoms with Gasteiger partial charge >= 0.3 is 0 Å². The minimum atomic E-state index is -2.92. The Morgan fingerprint density at radius 1 is 1.15 bits per heavy atom. The van der Waals surface area contributed by atoms with E-state index < -0.39 is 9.71 Å². The number of hydrogen-bond acceptors (Lipinski definition) is 6. The number of allylic oxidation sites excluding steroid dienone is 1. The highest BCUT2D eigenvalue weighted by molar-refractivity contribution is 7.99. The van der Waals surface area contributed by atoms with Crippen molar-refractivity contribution in [1.82, 2.24) is 4.72 Å². The lowest BCUT2D eigenvalue weighted by Gasteiger charge is -2.46. The molecule has 8 atom stereocenters. The van der Waals surface area contributed by atoms with Crippen molar-refractivity contribution in [1.29, 1.82) is 0 Å². The van der Waals surface area contributed by atoms with E-state index >= 15 is 0 Å². The van der Waals surface area contributed by atoms with E-state index in [9.17, 15) is 9.00 Å². The molecule has 2 bridgehead atoms. The molecule has 3 heterocycles. The summed E-state index contributed by atoms with van der Waals surface area (Å²) in [7, 11) is -2.92. The van der Waals surface area contributed by atoms with Gasteiger partial charge in [-0.2, -0.15) is 0 Å². The Kier molecular flexibility index (Phi) is 9.42. The molecule has 1 N–H and O–H groups in total. The molecule has 0 radical (unpaired) electrons. The van der Waals surface area contributed by atoms with Crippen molar-refractivity contribution < 1.29 is 23.2 Å². The molecule has 1 amide bonds. The van der Waals surface area contributed by atoms with E-state index in [0.29, 0.717) is 30.6 Å². The molecule has 47 heavy (non-hydrogen) atoms. The van der Waals surface area contributed by atoms with Crippen molar-refractivity contribution in [2.24, 2.45) is 17.8 Å². The molecule has 1 saturated heterocycles. The van der Waals surface area contributed by atoms with Crippen LogP contribution in [0.15, 0.2) is 48.6 Å². The molecule has 1 saturated carbocycles. The zero-order valence-electron chi connectivity index (χ0n) is 27.8. The quantitative estimate of drug-likeness (QED) is 0.286. The zero-order valence-corrected chi connectivity index (χ0v) is 29.3. The summed E-state index contributed by atoms with van der Waals surface area (Å²) in [6.07, 6.45) is 12.8. The molecule has 254 valence electrons. The third kappa shape index (κ3) is 6.72. The van der Waals surface area contributed by atoms with Crippen molar-refractivity contribution >= 4 is 38.8 Å². The number of halogens is 1. The summed E-state index contributed by atoms with van der Waals surface area (Å²) in [5.41, 5.74) is 3.79. The second kappa shape index (κ2) is 13.4. The summed E-state index contributed by atoms with van der Waals surface area (Å²) < 4.78 is 35.9. The fraction of sp³-hybridized carbons (Fsp3) is 0.579. The first-order valence-corrected chi connectivity index (χ1v) is 19.7. The summed E-state index contributed by atoms with van der Waals surface area (Å²) in [6.45, 7) is 7.59. The normalized spacial score (nSPS) is 36.3. The van der Waals surface area contributed by atoms with Gasteiger partial charge in [-0.05, 0) is 123 Å². The van der Waals surface area contributed by atoms with E-state index in [4.69, 9.17) is 25.8 Å². The fourth-order valence-electron chi connectivity index (χ4n) is 8.41. The second-order valence-corrected chi connectivity index (χ2v) is 17.6. The maximum atomic E-state index is 13.8. The Morgan fingerprint density at radius 2 is 2.02 bits per heavy atom. The maximum absolute atomic E-state index is 13.8. The van der Waals surface area contributed by atoms with Gasteiger partial charge in [-0.15, -0.1) is 0 Å². The number of aryl methyl sites for hydroxylation is 1. The SMILES string of the molecule is C=S1(=O)NC(=O)c2ccc3c(c2)N(C[C@@H]2CC[C@H]2[C@@H](OC[C@H]2CCCO2)/C=C/C[C@H](C)[C@H]1C)C[C@@]1(CCCc2cc(Cl)ccc21)CO3. The third-order valence-electron chi connectivity index (χ3n) is 11.7. The van der Waals surface area contributed by atoms with Crippen LogP contribution in [-0.4, -0.2) is 66.4 Å². The van der Waals surface area contributed by atoms with Gasteiger partial charge in [-0.25, -0.2) is 4.21 Å². The van der Waals surface area contributed by atoms with Gasteiger partial charge in [0.05, 0.1) is 40.8 Å². The molecule has 3 aliphatic heterocycles. The highest BCUT2D eigenvalue weighted by Crippen LogP contribution is 2.47. The summed E-state index contributed by atoms with van der Waals surface area (Å²) >= 11 is 6.47. The van der Waals surface area contributed by atoms with Crippen LogP contribution in [0.5, 0.6) is 5.75 Å². The van der Waals surface area contributed by atoms with Gasteiger partial charge in [0.1, 0.15) is 5.75 Å². The highest BCUT2D eigenvalue weighted by atomic mass is 35.5. The third-order valence-corrected chi connectivity index (χ3v) is 14.1. The number of anilines is 1. The minimum absolute atomic E-state index is 0.0160. The monoisotopic (exact) mass is 680 g/mol. The van der Waals surface area contributed by atoms with E-state index in [1.165, 1.54) is 11.1 Å². The summed E-state index contributed by atoms with van der Waals surface area (Å²) in [5, 5.41) is 0.455. The summed E-state index contributed by atoms with van der Waals surface area (Å²) in [6, 6.07) is 12.0. The van der Waals surface area contributed by atoms with E-state index in [0.717, 1.165) is 87.5 Å². The lowest BCUT2D eigenvalue weighted by atomic mass is 9.68. The van der Waals surface area contributed by atoms with Crippen LogP contribution in [0, 0.1) is 17.8 Å². The number of carbonyl (C=O) groups is 1. The van der Waals surface area contributed by atoms with E-state index in [1.54, 1.807) is 6.07 Å². The first-order chi connectivity index (χ1) is 22.6. The topological polar surface area (TPSA) is 77.1 Å². The van der Waals surface area contributed by atoms with Gasteiger partial charge in [0.15, 0.2) is 0 Å². The number of benzene rings is 2. The highest BCUT2D eigenvalue weighted by Gasteiger charge is 2.44. The molecule has 5 aliphatic rings. The molecule has 2 aliphatic carbocycles. The Bertz CT molecular complexity index is 1620. The predicted molar refractivity (Wildman–Crippen MR) is 190 cm³/mol. The molecule has 7 nitrogen and oxygen atoms in total. The first-order valence-electron chi connectivity index (χ1n) is 17.5. The number of carbonyl (C=O) groups excluding carboxylic acids is 1. The average Bonchev–Trinajstić information content (AvgIpc) is 3.51. The van der Waals surface area contributed by atoms with Gasteiger partial charge in [-0.1, -0.05) is 36.7 Å². The lowest BCUT2D eigenvalue weighted by molar-refractivity contribution is -0.0532. The zero-order chi connectivity index (χ0) is 32.8. The van der Waals surface area contributed by atoms with Crippen molar-refractivity contribution in [2.45, 2.75) is 88.1 Å². The Morgan fingerprint density at radius 3 is 2.81 bits per heavy atom. The number of fused-ring (bicyclic) bond motifs is 4. The standard InChI is InChI=1S/C38H49ClN2O5S/c1-25-7-4-10-35(45-22-31-9-6-18-44-31)32-14-11-29(32)21-41-23-38(17-5-8-27-19-30(39)13-15-33(27)38)24-46-36-16-12-28(20-34(36)41)37(42)40-47(3,43)26(25)2/h4,10,12-13,15-16,19-20,25-26,29,31-32,35H,3,5-9,11,14,17-18,21-24H2,1-2H3,(H,40,42,43)/b10-4+/t25-,26+,29-,31+,32+,35-,38-,47?/m0/s1. The molecule has 9 heteroatoms. The van der Waals surface area contributed by atoms with Crippen LogP contribution in [0.4, 0.5) is 5.69 Å². The van der Waals surface area contributed by atoms with Gasteiger partial charge in [0.25, 0.3) is 5.91 Å². The van der Waals surface area contributed by atoms with Crippen LogP contribution in [0.3, 0.4) is 0 Å². The largest absolute Gasteiger partial charge is 0.490 e. The van der Waals surface area contributed by atoms with Crippen molar-refractivity contribution in [3.05, 3.63) is 70.3 Å². The molecule has 7 rings (SSSR count). The summed E-state index contributed by atoms with van der Waals surface area (Å²) in [5.74, 6) is 5.29. The van der Waals surface area contributed by atoms with Crippen LogP contribution in [0.25, 0.3) is 0 Å². The Balaban J connectivity index is 1.27. The van der Waals surface area contributed by atoms with Crippen LogP contribution in [-0.2, 0) is 31.0 Å². The predicted octanol–water partition coefficient (Wildman–Crippen LogP) is 6.75. The fourth-order valence-corrected chi connectivity index (χ4v) is 10.1. The van der Waals surface area contributed by atoms with Crippen molar-refractivity contribution in [3.8, 4) is 5.75 Å². The number of nitrogens with zero attached hydrogens (tertiary/aromatic N) is 1. The Labute approximate surface area is 285 Å². The van der Waals surface area contributed by atoms with Gasteiger partial charge in [-0.3, -0.25) is 9.52 Å². The number of nitrogens with one attached hydrogen (secondary N) is 1. The smallest absolute Gasteiger partial charge is 0.262 e. The summed E-state index contributed by atoms with van der Waals surface area (Å²) in [4.78, 5) is 16.1. The molecule has 1 spiro atoms. The Hall–Kier alpha value is -2.52. The van der Waals surface area contributed by atoms with Crippen LogP contribution in [0.2, 0.25) is 5.02 Å². The van der Waals surface area contributed by atoms with Crippen molar-refractivity contribution in [3.63, 3.8) is 0 Å². The van der Waals surface area contributed by atoms with Gasteiger partial charge < -0.3 is 19.1 Å². The number of hydrogen-bond donors (Lipinski definition) is 1. The van der Waals surface area contributed by atoms with Crippen molar-refractivity contribution in [2.75, 3.05) is 37.8 Å². The number of amides is 1. The first kappa shape index (κ1) is 33.0. The molecule has 1 unspecified atom stereocenters. The van der Waals surface area contributed by atoms with Gasteiger partial charge in [0, 0.05) is 40.9 Å². The molecular weight excluding hydrogens is 632 g/mol. The average molecular weight is 681 g/mol. The van der Waals surface area contributed by atoms with E-state index in [1.807, 2.05) is 25.1 Å². The number of rotatable bonds is 3. The van der Waals surface area contributed by atoms with Crippen LogP contribution < -0.4 is 14.4 Å². The molecular formula is C38H49ClN2O5S.